The van der Waals surface area contributed by atoms with E-state index < -0.39 is 95.0 Å². The van der Waals surface area contributed by atoms with Crippen molar-refractivity contribution >= 4 is 21.6 Å². The number of aliphatic carboxylic acids is 1. The molecule has 2 saturated heterocycles. The van der Waals surface area contributed by atoms with E-state index in [4.69, 9.17) is 9.84 Å². The lowest BCUT2D eigenvalue weighted by Crippen LogP contribution is -2.60. The van der Waals surface area contributed by atoms with E-state index in [1.165, 1.54) is 0 Å². The van der Waals surface area contributed by atoms with E-state index in [0.717, 1.165) is 12.3 Å². The third-order valence-electron chi connectivity index (χ3n) is 5.07. The lowest BCUT2D eigenvalue weighted by molar-refractivity contribution is -0.275. The molecule has 8 N–H and O–H groups in total. The van der Waals surface area contributed by atoms with Crippen molar-refractivity contribution in [2.45, 2.75) is 55.2 Å². The van der Waals surface area contributed by atoms with E-state index in [9.17, 15) is 59.1 Å². The van der Waals surface area contributed by atoms with Crippen LogP contribution in [0.1, 0.15) is 6.23 Å². The summed E-state index contributed by atoms with van der Waals surface area (Å²) in [6, 6.07) is 0.855. The van der Waals surface area contributed by atoms with Crippen LogP contribution in [0.25, 0.3) is 0 Å². The van der Waals surface area contributed by atoms with Crippen molar-refractivity contribution in [2.24, 2.45) is 0 Å². The molecule has 3 rings (SSSR count). The highest BCUT2D eigenvalue weighted by Gasteiger charge is 2.51. The van der Waals surface area contributed by atoms with Crippen molar-refractivity contribution in [3.63, 3.8) is 0 Å². The summed E-state index contributed by atoms with van der Waals surface area (Å²) < 4.78 is 47.5. The third kappa shape index (κ3) is 6.77. The molecule has 0 radical (unpaired) electrons. The van der Waals surface area contributed by atoms with Gasteiger partial charge in [0.1, 0.15) is 36.6 Å². The number of hydrogen-bond donors (Lipinski definition) is 8. The first kappa shape index (κ1) is 29.7. The lowest BCUT2D eigenvalue weighted by atomic mass is 9.99. The largest absolute Gasteiger partial charge is 0.858 e. The van der Waals surface area contributed by atoms with E-state index in [-0.39, 0.29) is 0 Å². The van der Waals surface area contributed by atoms with Gasteiger partial charge < -0.3 is 55.0 Å². The number of ether oxygens (including phenoxy) is 2. The van der Waals surface area contributed by atoms with Crippen molar-refractivity contribution in [3.8, 4) is 5.88 Å². The molecule has 1 aromatic rings. The van der Waals surface area contributed by atoms with Gasteiger partial charge in [-0.1, -0.05) is 0 Å². The van der Waals surface area contributed by atoms with Crippen LogP contribution < -0.4 is 10.8 Å². The average Bonchev–Trinajstić information content (AvgIpc) is 3.05. The van der Waals surface area contributed by atoms with Crippen molar-refractivity contribution in [1.29, 1.82) is 0 Å². The van der Waals surface area contributed by atoms with Crippen LogP contribution in [0, 0.1) is 0 Å². The van der Waals surface area contributed by atoms with Crippen LogP contribution in [0.5, 0.6) is 5.88 Å². The Morgan fingerprint density at radius 2 is 1.68 bits per heavy atom. The number of phosphoric acid groups is 2. The van der Waals surface area contributed by atoms with Gasteiger partial charge in [0.2, 0.25) is 0 Å². The van der Waals surface area contributed by atoms with Gasteiger partial charge >= 0.3 is 27.3 Å². The van der Waals surface area contributed by atoms with Crippen LogP contribution in [0.15, 0.2) is 17.1 Å². The molecule has 3 heterocycles. The Kier molecular flexibility index (Phi) is 8.89. The summed E-state index contributed by atoms with van der Waals surface area (Å²) in [6.45, 7) is -1.08. The third-order valence-corrected chi connectivity index (χ3v) is 7.67. The molecule has 0 bridgehead atoms. The molecule has 210 valence electrons. The fourth-order valence-electron chi connectivity index (χ4n) is 3.30. The van der Waals surface area contributed by atoms with Gasteiger partial charge in [0.05, 0.1) is 6.61 Å². The quantitative estimate of drug-likeness (QED) is 0.127. The van der Waals surface area contributed by atoms with E-state index >= 15 is 0 Å². The number of carboxylic acids is 1. The van der Waals surface area contributed by atoms with E-state index in [0.29, 0.717) is 4.57 Å². The number of aromatic nitrogens is 2. The molecule has 37 heavy (non-hydrogen) atoms. The van der Waals surface area contributed by atoms with Crippen LogP contribution in [0.3, 0.4) is 0 Å². The number of nitrogens with zero attached hydrogens (tertiary/aromatic N) is 2. The molecule has 2 unspecified atom stereocenters. The van der Waals surface area contributed by atoms with Crippen molar-refractivity contribution in [3.05, 3.63) is 22.7 Å². The minimum atomic E-state index is -5.73. The van der Waals surface area contributed by atoms with Gasteiger partial charge in [-0.2, -0.15) is 4.31 Å². The molecule has 0 amide bonds. The van der Waals surface area contributed by atoms with E-state index in [2.05, 4.69) is 23.1 Å². The van der Waals surface area contributed by atoms with Crippen LogP contribution in [0.4, 0.5) is 0 Å². The smallest absolute Gasteiger partial charge is 0.483 e. The Morgan fingerprint density at radius 1 is 1.03 bits per heavy atom. The second-order valence-corrected chi connectivity index (χ2v) is 10.7. The first-order chi connectivity index (χ1) is 17.0. The van der Waals surface area contributed by atoms with Gasteiger partial charge in [-0.25, -0.2) is 23.7 Å². The summed E-state index contributed by atoms with van der Waals surface area (Å²) in [4.78, 5) is 45.5. The Morgan fingerprint density at radius 3 is 2.27 bits per heavy atom. The molecule has 2 fully saturated rings. The Balaban J connectivity index is 1.62. The van der Waals surface area contributed by atoms with Crippen molar-refractivity contribution in [1.82, 2.24) is 9.55 Å². The lowest BCUT2D eigenvalue weighted by Gasteiger charge is -2.38. The molecule has 1 aromatic heterocycles. The molecule has 2 aliphatic heterocycles. The number of aliphatic hydroxyl groups is 5. The van der Waals surface area contributed by atoms with Gasteiger partial charge in [0.25, 0.3) is 0 Å². The fraction of sp³-hybridized carbons (Fsp3) is 0.667. The summed E-state index contributed by atoms with van der Waals surface area (Å²) in [7, 11) is -11.3. The van der Waals surface area contributed by atoms with Crippen molar-refractivity contribution < 1.29 is 82.3 Å². The maximum atomic E-state index is 12.1. The molecule has 22 heteroatoms. The van der Waals surface area contributed by atoms with Crippen LogP contribution in [-0.4, -0.2) is 112 Å². The fourth-order valence-corrected chi connectivity index (χ4v) is 5.46. The number of hydrogen-bond acceptors (Lipinski definition) is 16. The maximum Gasteiger partial charge on any atom is 0.483 e. The molecular weight excluding hydrogens is 558 g/mol. The number of rotatable bonds is 9. The van der Waals surface area contributed by atoms with Gasteiger partial charge in [-0.05, 0) is 11.9 Å². The molecule has 2 aliphatic rings. The Bertz CT molecular complexity index is 1150. The summed E-state index contributed by atoms with van der Waals surface area (Å²) in [5, 5.41) is 69.4. The summed E-state index contributed by atoms with van der Waals surface area (Å²) in [5.41, 5.74) is -1.14. The van der Waals surface area contributed by atoms with Crippen molar-refractivity contribution in [2.75, 3.05) is 6.61 Å². The average molecular weight is 579 g/mol. The number of aliphatic hydroxyl groups excluding tert-OH is 5. The first-order valence-electron chi connectivity index (χ1n) is 9.93. The molecule has 0 aromatic carbocycles. The second kappa shape index (κ2) is 11.1. The highest BCUT2D eigenvalue weighted by atomic mass is 31.3. The molecule has 0 spiro atoms. The minimum absolute atomic E-state index is 0.644. The number of phosphoric ester groups is 2. The maximum absolute atomic E-state index is 12.1. The van der Waals surface area contributed by atoms with Gasteiger partial charge in [0.15, 0.2) is 18.6 Å². The Labute approximate surface area is 204 Å². The van der Waals surface area contributed by atoms with Crippen LogP contribution in [-0.2, 0) is 36.8 Å². The standard InChI is InChI=1S/C15H22N2O18P2/c18-5-1-2-17(15(26)16-5)12-9(22)6(19)4(32-12)3-31-36(27,28)35-37(29,30)34-14-10(23)7(20)8(21)11(33-14)13(24)25/h1-2,4,6-12,14,19-23H,3H2,(H,24,25)(H,27,28)(H,29,30)(H,16,18,26)/p-1/t4-,6-,7+,8+,9-,10-,11+,12-,14-/m1/s1. The summed E-state index contributed by atoms with van der Waals surface area (Å²) in [6.07, 6.45) is -17.3. The number of carboxylic acid groups (broad SMARTS) is 1. The predicted molar refractivity (Wildman–Crippen MR) is 106 cm³/mol. The molecule has 11 atom stereocenters. The van der Waals surface area contributed by atoms with Crippen LogP contribution in [0.2, 0.25) is 0 Å². The normalized spacial score (nSPS) is 37.5. The van der Waals surface area contributed by atoms with E-state index in [1.54, 1.807) is 0 Å². The number of carbonyl (C=O) groups is 1. The molecular formula is C15H21N2O18P2-. The zero-order chi connectivity index (χ0) is 27.9. The zero-order valence-electron chi connectivity index (χ0n) is 18.0. The van der Waals surface area contributed by atoms with E-state index in [1.807, 2.05) is 0 Å². The molecule has 20 nitrogen and oxygen atoms in total. The summed E-state index contributed by atoms with van der Waals surface area (Å²) in [5.74, 6) is -2.74. The SMILES string of the molecule is O=C(O)[C@H]1O[C@H](OP(=O)(O)OP(=O)(O)OC[C@H]2O[C@@H](n3ccc([O-])nc3=O)[C@H](O)[C@@H]2O)[C@H](O)[C@@H](O)[C@@H]1O. The van der Waals surface area contributed by atoms with Gasteiger partial charge in [-0.3, -0.25) is 13.6 Å². The monoisotopic (exact) mass is 579 g/mol. The second-order valence-electron chi connectivity index (χ2n) is 7.66. The van der Waals surface area contributed by atoms with Gasteiger partial charge in [-0.15, -0.1) is 0 Å². The highest BCUT2D eigenvalue weighted by molar-refractivity contribution is 7.61. The predicted octanol–water partition coefficient (Wildman–Crippen LogP) is -4.92. The summed E-state index contributed by atoms with van der Waals surface area (Å²) >= 11 is 0. The topological polar surface area (TPSA) is 317 Å². The van der Waals surface area contributed by atoms with Gasteiger partial charge in [0, 0.05) is 6.20 Å². The highest BCUT2D eigenvalue weighted by Crippen LogP contribution is 2.61. The first-order valence-corrected chi connectivity index (χ1v) is 12.9. The molecule has 0 aliphatic carbocycles. The zero-order valence-corrected chi connectivity index (χ0v) is 19.8. The minimum Gasteiger partial charge on any atom is -0.858 e. The molecule has 0 saturated carbocycles. The Hall–Kier alpha value is -1.87. The van der Waals surface area contributed by atoms with Crippen LogP contribution >= 0.6 is 15.6 Å².